The molecule has 1 aliphatic rings. The fourth-order valence-electron chi connectivity index (χ4n) is 1.83. The second kappa shape index (κ2) is 5.69. The molecular weight excluding hydrogens is 265 g/mol. The summed E-state index contributed by atoms with van der Waals surface area (Å²) in [4.78, 5) is 3.70. The molecule has 0 spiro atoms. The standard InChI is InChI=1S/C11H15Cl2NOS/c1-8-7-15-9(4-12)5-14(8)6-10-2-3-11(13)16-10/h2-3,8-9H,4-7H2,1H3. The van der Waals surface area contributed by atoms with E-state index < -0.39 is 0 Å². The number of rotatable bonds is 3. The molecule has 1 saturated heterocycles. The largest absolute Gasteiger partial charge is 0.374 e. The highest BCUT2D eigenvalue weighted by Gasteiger charge is 2.25. The minimum Gasteiger partial charge on any atom is -0.374 e. The second-order valence-electron chi connectivity index (χ2n) is 4.09. The van der Waals surface area contributed by atoms with Crippen LogP contribution in [-0.4, -0.2) is 36.1 Å². The van der Waals surface area contributed by atoms with Gasteiger partial charge in [0, 0.05) is 29.9 Å². The van der Waals surface area contributed by atoms with Gasteiger partial charge in [0.15, 0.2) is 0 Å². The number of alkyl halides is 1. The normalized spacial score (nSPS) is 27.2. The van der Waals surface area contributed by atoms with E-state index in [2.05, 4.69) is 17.9 Å². The van der Waals surface area contributed by atoms with Crippen LogP contribution in [0.4, 0.5) is 0 Å². The van der Waals surface area contributed by atoms with Gasteiger partial charge in [-0.2, -0.15) is 0 Å². The first-order valence-electron chi connectivity index (χ1n) is 5.35. The van der Waals surface area contributed by atoms with Crippen molar-refractivity contribution in [3.63, 3.8) is 0 Å². The number of hydrogen-bond acceptors (Lipinski definition) is 3. The molecule has 0 aliphatic carbocycles. The molecule has 2 rings (SSSR count). The third-order valence-electron chi connectivity index (χ3n) is 2.79. The Labute approximate surface area is 110 Å². The average molecular weight is 280 g/mol. The van der Waals surface area contributed by atoms with Gasteiger partial charge in [-0.25, -0.2) is 0 Å². The third kappa shape index (κ3) is 3.11. The molecule has 0 N–H and O–H groups in total. The van der Waals surface area contributed by atoms with Crippen molar-refractivity contribution in [1.29, 1.82) is 0 Å². The molecule has 0 aromatic carbocycles. The lowest BCUT2D eigenvalue weighted by Gasteiger charge is -2.37. The summed E-state index contributed by atoms with van der Waals surface area (Å²) in [6.07, 6.45) is 0.160. The van der Waals surface area contributed by atoms with Crippen molar-refractivity contribution in [1.82, 2.24) is 4.90 Å². The zero-order valence-corrected chi connectivity index (χ0v) is 11.5. The van der Waals surface area contributed by atoms with Gasteiger partial charge in [0.1, 0.15) is 0 Å². The Hall–Kier alpha value is 0.200. The van der Waals surface area contributed by atoms with Crippen LogP contribution < -0.4 is 0 Å². The van der Waals surface area contributed by atoms with Crippen molar-refractivity contribution in [3.8, 4) is 0 Å². The van der Waals surface area contributed by atoms with E-state index in [9.17, 15) is 0 Å². The predicted molar refractivity (Wildman–Crippen MR) is 69.7 cm³/mol. The van der Waals surface area contributed by atoms with Crippen LogP contribution in [-0.2, 0) is 11.3 Å². The molecule has 0 amide bonds. The van der Waals surface area contributed by atoms with Crippen LogP contribution in [0.25, 0.3) is 0 Å². The molecule has 1 aromatic rings. The van der Waals surface area contributed by atoms with Gasteiger partial charge >= 0.3 is 0 Å². The molecule has 90 valence electrons. The first-order chi connectivity index (χ1) is 7.69. The molecular formula is C11H15Cl2NOS. The summed E-state index contributed by atoms with van der Waals surface area (Å²) in [6.45, 7) is 4.78. The molecule has 16 heavy (non-hydrogen) atoms. The van der Waals surface area contributed by atoms with E-state index in [1.807, 2.05) is 6.07 Å². The van der Waals surface area contributed by atoms with Crippen LogP contribution >= 0.6 is 34.5 Å². The summed E-state index contributed by atoms with van der Waals surface area (Å²) in [6, 6.07) is 4.48. The van der Waals surface area contributed by atoms with Gasteiger partial charge in [-0.05, 0) is 19.1 Å². The van der Waals surface area contributed by atoms with Crippen LogP contribution in [0, 0.1) is 0 Å². The third-order valence-corrected chi connectivity index (χ3v) is 4.35. The number of thiophene rings is 1. The Kier molecular flexibility index (Phi) is 4.50. The Bertz CT molecular complexity index is 344. The zero-order valence-electron chi connectivity index (χ0n) is 9.16. The van der Waals surface area contributed by atoms with Gasteiger partial charge in [0.25, 0.3) is 0 Å². The lowest BCUT2D eigenvalue weighted by molar-refractivity contribution is -0.0507. The first kappa shape index (κ1) is 12.7. The van der Waals surface area contributed by atoms with E-state index in [1.165, 1.54) is 4.88 Å². The SMILES string of the molecule is CC1COC(CCl)CN1Cc1ccc(Cl)s1. The maximum Gasteiger partial charge on any atom is 0.0931 e. The molecule has 1 fully saturated rings. The number of halogens is 2. The van der Waals surface area contributed by atoms with Gasteiger partial charge < -0.3 is 4.74 Å². The number of morpholine rings is 1. The highest BCUT2D eigenvalue weighted by molar-refractivity contribution is 7.16. The predicted octanol–water partition coefficient (Wildman–Crippen LogP) is 3.23. The average Bonchev–Trinajstić information content (AvgIpc) is 2.67. The lowest BCUT2D eigenvalue weighted by Crippen LogP contribution is -2.48. The first-order valence-corrected chi connectivity index (χ1v) is 7.07. The molecule has 0 radical (unpaired) electrons. The molecule has 2 atom stereocenters. The zero-order chi connectivity index (χ0) is 11.5. The Balaban J connectivity index is 1.96. The van der Waals surface area contributed by atoms with Gasteiger partial charge in [-0.15, -0.1) is 22.9 Å². The van der Waals surface area contributed by atoms with Gasteiger partial charge in [-0.3, -0.25) is 4.90 Å². The van der Waals surface area contributed by atoms with Crippen molar-refractivity contribution < 1.29 is 4.74 Å². The molecule has 2 heterocycles. The van der Waals surface area contributed by atoms with E-state index in [0.29, 0.717) is 11.9 Å². The van der Waals surface area contributed by atoms with Crippen LogP contribution in [0.2, 0.25) is 4.34 Å². The van der Waals surface area contributed by atoms with Crippen molar-refractivity contribution in [3.05, 3.63) is 21.3 Å². The van der Waals surface area contributed by atoms with E-state index in [0.717, 1.165) is 24.0 Å². The molecule has 0 bridgehead atoms. The molecule has 5 heteroatoms. The quantitative estimate of drug-likeness (QED) is 0.788. The van der Waals surface area contributed by atoms with E-state index in [-0.39, 0.29) is 6.10 Å². The second-order valence-corrected chi connectivity index (χ2v) is 6.20. The molecule has 2 unspecified atom stereocenters. The summed E-state index contributed by atoms with van der Waals surface area (Å²) in [5.74, 6) is 0.564. The monoisotopic (exact) mass is 279 g/mol. The van der Waals surface area contributed by atoms with Crippen LogP contribution in [0.3, 0.4) is 0 Å². The molecule has 0 saturated carbocycles. The Morgan fingerprint density at radius 1 is 1.56 bits per heavy atom. The smallest absolute Gasteiger partial charge is 0.0931 e. The number of nitrogens with zero attached hydrogens (tertiary/aromatic N) is 1. The molecule has 1 aliphatic heterocycles. The lowest BCUT2D eigenvalue weighted by atomic mass is 10.2. The van der Waals surface area contributed by atoms with Gasteiger partial charge in [0.05, 0.1) is 17.0 Å². The van der Waals surface area contributed by atoms with Crippen molar-refractivity contribution in [2.24, 2.45) is 0 Å². The highest BCUT2D eigenvalue weighted by atomic mass is 35.5. The fraction of sp³-hybridized carbons (Fsp3) is 0.636. The topological polar surface area (TPSA) is 12.5 Å². The molecule has 2 nitrogen and oxygen atoms in total. The van der Waals surface area contributed by atoms with Gasteiger partial charge in [-0.1, -0.05) is 11.6 Å². The Morgan fingerprint density at radius 2 is 2.38 bits per heavy atom. The van der Waals surface area contributed by atoms with Crippen LogP contribution in [0.5, 0.6) is 0 Å². The number of hydrogen-bond donors (Lipinski definition) is 0. The van der Waals surface area contributed by atoms with Crippen LogP contribution in [0.1, 0.15) is 11.8 Å². The number of ether oxygens (including phenoxy) is 1. The van der Waals surface area contributed by atoms with Crippen molar-refractivity contribution in [2.45, 2.75) is 25.6 Å². The van der Waals surface area contributed by atoms with E-state index in [4.69, 9.17) is 27.9 Å². The van der Waals surface area contributed by atoms with E-state index in [1.54, 1.807) is 11.3 Å². The summed E-state index contributed by atoms with van der Waals surface area (Å²) >= 11 is 13.4. The fourth-order valence-corrected chi connectivity index (χ4v) is 3.13. The van der Waals surface area contributed by atoms with Gasteiger partial charge in [0.2, 0.25) is 0 Å². The van der Waals surface area contributed by atoms with Crippen LogP contribution in [0.15, 0.2) is 12.1 Å². The van der Waals surface area contributed by atoms with Crippen molar-refractivity contribution >= 4 is 34.5 Å². The van der Waals surface area contributed by atoms with Crippen molar-refractivity contribution in [2.75, 3.05) is 19.0 Å². The maximum absolute atomic E-state index is 5.92. The minimum atomic E-state index is 0.160. The highest BCUT2D eigenvalue weighted by Crippen LogP contribution is 2.24. The summed E-state index contributed by atoms with van der Waals surface area (Å²) < 4.78 is 6.47. The molecule has 1 aromatic heterocycles. The maximum atomic E-state index is 5.92. The minimum absolute atomic E-state index is 0.160. The summed E-state index contributed by atoms with van der Waals surface area (Å²) in [5.41, 5.74) is 0. The van der Waals surface area contributed by atoms with E-state index >= 15 is 0 Å². The summed E-state index contributed by atoms with van der Waals surface area (Å²) in [7, 11) is 0. The summed E-state index contributed by atoms with van der Waals surface area (Å²) in [5, 5.41) is 0. The Morgan fingerprint density at radius 3 is 3.00 bits per heavy atom.